The van der Waals surface area contributed by atoms with Gasteiger partial charge in [-0.2, -0.15) is 0 Å². The number of benzene rings is 2. The van der Waals surface area contributed by atoms with Gasteiger partial charge >= 0.3 is 0 Å². The minimum atomic E-state index is -0.273. The zero-order valence-electron chi connectivity index (χ0n) is 11.3. The molecule has 0 aliphatic heterocycles. The van der Waals surface area contributed by atoms with Crippen LogP contribution in [0.25, 0.3) is 0 Å². The van der Waals surface area contributed by atoms with Gasteiger partial charge in [-0.05, 0) is 30.7 Å². The van der Waals surface area contributed by atoms with Gasteiger partial charge in [0.2, 0.25) is 0 Å². The summed E-state index contributed by atoms with van der Waals surface area (Å²) in [6.07, 6.45) is 0.825. The van der Waals surface area contributed by atoms with E-state index in [9.17, 15) is 4.39 Å². The summed E-state index contributed by atoms with van der Waals surface area (Å²) < 4.78 is 20.2. The molecule has 0 unspecified atom stereocenters. The first-order chi connectivity index (χ1) is 9.61. The smallest absolute Gasteiger partial charge is 0.129 e. The van der Waals surface area contributed by atoms with Crippen molar-refractivity contribution in [1.29, 1.82) is 0 Å². The SMILES string of the molecule is CC[C@H](N)c1ccccc1OCc1cc(Br)ccc1F. The quantitative estimate of drug-likeness (QED) is 0.866. The highest BCUT2D eigenvalue weighted by Crippen LogP contribution is 2.26. The van der Waals surface area contributed by atoms with Gasteiger partial charge in [0.1, 0.15) is 18.2 Å². The lowest BCUT2D eigenvalue weighted by Crippen LogP contribution is -2.11. The van der Waals surface area contributed by atoms with E-state index in [0.717, 1.165) is 16.5 Å². The molecule has 0 aliphatic carbocycles. The minimum Gasteiger partial charge on any atom is -0.488 e. The minimum absolute atomic E-state index is 0.0708. The second-order valence-electron chi connectivity index (χ2n) is 4.58. The van der Waals surface area contributed by atoms with Crippen molar-refractivity contribution < 1.29 is 9.13 Å². The molecule has 0 bridgehead atoms. The van der Waals surface area contributed by atoms with Gasteiger partial charge in [0.15, 0.2) is 0 Å². The number of hydrogen-bond donors (Lipinski definition) is 1. The topological polar surface area (TPSA) is 35.2 Å². The van der Waals surface area contributed by atoms with Crippen molar-refractivity contribution in [2.75, 3.05) is 0 Å². The first kappa shape index (κ1) is 15.0. The van der Waals surface area contributed by atoms with Crippen molar-refractivity contribution in [3.8, 4) is 5.75 Å². The Hall–Kier alpha value is -1.39. The highest BCUT2D eigenvalue weighted by Gasteiger charge is 2.11. The van der Waals surface area contributed by atoms with E-state index < -0.39 is 0 Å². The molecule has 2 nitrogen and oxygen atoms in total. The zero-order chi connectivity index (χ0) is 14.5. The van der Waals surface area contributed by atoms with E-state index in [1.54, 1.807) is 12.1 Å². The Kier molecular flexibility index (Phi) is 5.15. The van der Waals surface area contributed by atoms with E-state index >= 15 is 0 Å². The molecule has 1 atom stereocenters. The lowest BCUT2D eigenvalue weighted by Gasteiger charge is -2.16. The maximum absolute atomic E-state index is 13.7. The molecule has 0 aromatic heterocycles. The highest BCUT2D eigenvalue weighted by molar-refractivity contribution is 9.10. The third-order valence-corrected chi connectivity index (χ3v) is 3.64. The van der Waals surface area contributed by atoms with Crippen molar-refractivity contribution in [2.45, 2.75) is 26.0 Å². The van der Waals surface area contributed by atoms with Crippen LogP contribution < -0.4 is 10.5 Å². The number of nitrogens with two attached hydrogens (primary N) is 1. The van der Waals surface area contributed by atoms with Gasteiger partial charge in [0.25, 0.3) is 0 Å². The number of rotatable bonds is 5. The van der Waals surface area contributed by atoms with E-state index in [4.69, 9.17) is 10.5 Å². The van der Waals surface area contributed by atoms with E-state index in [-0.39, 0.29) is 18.5 Å². The van der Waals surface area contributed by atoms with Gasteiger partial charge < -0.3 is 10.5 Å². The predicted octanol–water partition coefficient (Wildman–Crippen LogP) is 4.58. The standard InChI is InChI=1S/C16H17BrFNO/c1-2-15(19)13-5-3-4-6-16(13)20-10-11-9-12(17)7-8-14(11)18/h3-9,15H,2,10,19H2,1H3/t15-/m0/s1. The molecular weight excluding hydrogens is 321 g/mol. The van der Waals surface area contributed by atoms with Crippen molar-refractivity contribution in [3.63, 3.8) is 0 Å². The molecule has 2 rings (SSSR count). The lowest BCUT2D eigenvalue weighted by atomic mass is 10.0. The maximum atomic E-state index is 13.7. The molecule has 2 aromatic rings. The number of ether oxygens (including phenoxy) is 1. The van der Waals surface area contributed by atoms with E-state index in [0.29, 0.717) is 11.3 Å². The average Bonchev–Trinajstić information content (AvgIpc) is 2.47. The van der Waals surface area contributed by atoms with Crippen LogP contribution in [0.3, 0.4) is 0 Å². The molecule has 0 heterocycles. The predicted molar refractivity (Wildman–Crippen MR) is 82.1 cm³/mol. The summed E-state index contributed by atoms with van der Waals surface area (Å²) >= 11 is 3.33. The molecule has 0 spiro atoms. The van der Waals surface area contributed by atoms with Gasteiger partial charge in [0, 0.05) is 21.6 Å². The zero-order valence-corrected chi connectivity index (χ0v) is 12.9. The van der Waals surface area contributed by atoms with Crippen molar-refractivity contribution in [2.24, 2.45) is 5.73 Å². The Labute approximate surface area is 126 Å². The van der Waals surface area contributed by atoms with Gasteiger partial charge in [-0.15, -0.1) is 0 Å². The molecular formula is C16H17BrFNO. The van der Waals surface area contributed by atoms with Crippen LogP contribution in [0, 0.1) is 5.82 Å². The van der Waals surface area contributed by atoms with Crippen LogP contribution in [0.4, 0.5) is 4.39 Å². The fourth-order valence-corrected chi connectivity index (χ4v) is 2.36. The average molecular weight is 338 g/mol. The van der Waals surface area contributed by atoms with Crippen molar-refractivity contribution >= 4 is 15.9 Å². The first-order valence-electron chi connectivity index (χ1n) is 6.53. The fourth-order valence-electron chi connectivity index (χ4n) is 1.95. The van der Waals surface area contributed by atoms with Crippen LogP contribution >= 0.6 is 15.9 Å². The molecule has 0 amide bonds. The molecule has 20 heavy (non-hydrogen) atoms. The molecule has 0 radical (unpaired) electrons. The second-order valence-corrected chi connectivity index (χ2v) is 5.49. The lowest BCUT2D eigenvalue weighted by molar-refractivity contribution is 0.294. The molecule has 0 saturated carbocycles. The summed E-state index contributed by atoms with van der Waals surface area (Å²) in [5.74, 6) is 0.437. The Morgan fingerprint density at radius 2 is 2.00 bits per heavy atom. The normalized spacial score (nSPS) is 12.2. The Morgan fingerprint density at radius 3 is 2.75 bits per heavy atom. The third kappa shape index (κ3) is 3.58. The van der Waals surface area contributed by atoms with Crippen LogP contribution in [0.15, 0.2) is 46.9 Å². The number of para-hydroxylation sites is 1. The van der Waals surface area contributed by atoms with Crippen molar-refractivity contribution in [1.82, 2.24) is 0 Å². The van der Waals surface area contributed by atoms with E-state index in [1.165, 1.54) is 6.07 Å². The molecule has 106 valence electrons. The summed E-state index contributed by atoms with van der Waals surface area (Å²) in [5.41, 5.74) is 7.52. The molecule has 0 aliphatic rings. The monoisotopic (exact) mass is 337 g/mol. The van der Waals surface area contributed by atoms with Gasteiger partial charge in [0.05, 0.1) is 0 Å². The summed E-state index contributed by atoms with van der Waals surface area (Å²) in [7, 11) is 0. The maximum Gasteiger partial charge on any atom is 0.129 e. The van der Waals surface area contributed by atoms with Crippen molar-refractivity contribution in [3.05, 3.63) is 63.9 Å². The second kappa shape index (κ2) is 6.86. The van der Waals surface area contributed by atoms with Gasteiger partial charge in [-0.3, -0.25) is 0 Å². The molecule has 2 N–H and O–H groups in total. The summed E-state index contributed by atoms with van der Waals surface area (Å²) in [6.45, 7) is 2.20. The molecule has 0 saturated heterocycles. The fraction of sp³-hybridized carbons (Fsp3) is 0.250. The van der Waals surface area contributed by atoms with Crippen LogP contribution in [-0.2, 0) is 6.61 Å². The number of hydrogen-bond acceptors (Lipinski definition) is 2. The van der Waals surface area contributed by atoms with Crippen LogP contribution in [-0.4, -0.2) is 0 Å². The third-order valence-electron chi connectivity index (χ3n) is 3.15. The van der Waals surface area contributed by atoms with Crippen LogP contribution in [0.5, 0.6) is 5.75 Å². The summed E-state index contributed by atoms with van der Waals surface area (Å²) in [4.78, 5) is 0. The molecule has 4 heteroatoms. The molecule has 0 fully saturated rings. The highest BCUT2D eigenvalue weighted by atomic mass is 79.9. The van der Waals surface area contributed by atoms with Gasteiger partial charge in [-0.25, -0.2) is 4.39 Å². The first-order valence-corrected chi connectivity index (χ1v) is 7.32. The summed E-state index contributed by atoms with van der Waals surface area (Å²) in [6, 6.07) is 12.4. The van der Waals surface area contributed by atoms with Gasteiger partial charge in [-0.1, -0.05) is 41.1 Å². The largest absolute Gasteiger partial charge is 0.488 e. The Balaban J connectivity index is 2.17. The van der Waals surface area contributed by atoms with Crippen LogP contribution in [0.2, 0.25) is 0 Å². The Morgan fingerprint density at radius 1 is 1.25 bits per heavy atom. The molecule has 2 aromatic carbocycles. The van der Waals surface area contributed by atoms with E-state index in [1.807, 2.05) is 31.2 Å². The summed E-state index contributed by atoms with van der Waals surface area (Å²) in [5, 5.41) is 0. The van der Waals surface area contributed by atoms with Crippen LogP contribution in [0.1, 0.15) is 30.5 Å². The van der Waals surface area contributed by atoms with E-state index in [2.05, 4.69) is 15.9 Å². The number of halogens is 2. The Bertz CT molecular complexity index is 588.